The zero-order valence-electron chi connectivity index (χ0n) is 15.1. The number of amides is 1. The third kappa shape index (κ3) is 4.63. The molecule has 11 heteroatoms. The number of nitrogens with zero attached hydrogens (tertiary/aromatic N) is 2. The van der Waals surface area contributed by atoms with Gasteiger partial charge in [-0.15, -0.1) is 0 Å². The minimum Gasteiger partial charge on any atom is -0.465 e. The number of nitrogens with one attached hydrogen (secondary N) is 1. The highest BCUT2D eigenvalue weighted by molar-refractivity contribution is 6.31. The van der Waals surface area contributed by atoms with E-state index in [1.165, 1.54) is 25.1 Å². The smallest absolute Gasteiger partial charge is 0.337 e. The molecule has 1 N–H and O–H groups in total. The number of hydrogen-bond donors (Lipinski definition) is 1. The van der Waals surface area contributed by atoms with Crippen LogP contribution in [0.5, 0.6) is 0 Å². The van der Waals surface area contributed by atoms with Crippen LogP contribution in [0, 0.1) is 6.92 Å². The SMILES string of the molecule is COC(=O)c1cc(NC(=O)Cn2nc(C(F)F)c(Cl)c2C)cc(C(=O)OC)c1. The first-order chi connectivity index (χ1) is 13.2. The minimum absolute atomic E-state index is 0.0130. The fraction of sp³-hybridized carbons (Fsp3) is 0.294. The summed E-state index contributed by atoms with van der Waals surface area (Å²) in [6.07, 6.45) is -2.88. The van der Waals surface area contributed by atoms with Crippen molar-refractivity contribution in [3.05, 3.63) is 45.7 Å². The summed E-state index contributed by atoms with van der Waals surface area (Å²) in [6.45, 7) is 1.04. The highest BCUT2D eigenvalue weighted by atomic mass is 35.5. The number of benzene rings is 1. The van der Waals surface area contributed by atoms with Crippen molar-refractivity contribution >= 4 is 35.1 Å². The highest BCUT2D eigenvalue weighted by Gasteiger charge is 2.22. The van der Waals surface area contributed by atoms with Crippen molar-refractivity contribution in [3.63, 3.8) is 0 Å². The van der Waals surface area contributed by atoms with Crippen molar-refractivity contribution in [2.75, 3.05) is 19.5 Å². The zero-order chi connectivity index (χ0) is 21.0. The van der Waals surface area contributed by atoms with Crippen LogP contribution in [0.4, 0.5) is 14.5 Å². The number of alkyl halides is 2. The summed E-state index contributed by atoms with van der Waals surface area (Å²) in [5.74, 6) is -2.09. The van der Waals surface area contributed by atoms with E-state index in [-0.39, 0.29) is 27.5 Å². The third-order valence-electron chi connectivity index (χ3n) is 3.72. The quantitative estimate of drug-likeness (QED) is 0.728. The molecule has 1 heterocycles. The van der Waals surface area contributed by atoms with Gasteiger partial charge in [-0.05, 0) is 25.1 Å². The van der Waals surface area contributed by atoms with E-state index in [4.69, 9.17) is 11.6 Å². The first kappa shape index (κ1) is 21.3. The fourth-order valence-electron chi connectivity index (χ4n) is 2.35. The van der Waals surface area contributed by atoms with E-state index in [0.717, 1.165) is 18.9 Å². The molecule has 0 saturated carbocycles. The number of anilines is 1. The first-order valence-corrected chi connectivity index (χ1v) is 8.18. The molecule has 1 aromatic carbocycles. The molecule has 0 saturated heterocycles. The Kier molecular flexibility index (Phi) is 6.68. The normalized spacial score (nSPS) is 10.7. The van der Waals surface area contributed by atoms with Gasteiger partial charge >= 0.3 is 11.9 Å². The van der Waals surface area contributed by atoms with Crippen molar-refractivity contribution in [1.82, 2.24) is 9.78 Å². The topological polar surface area (TPSA) is 99.5 Å². The molecular formula is C17H16ClF2N3O5. The molecule has 0 fully saturated rings. The molecule has 1 amide bonds. The summed E-state index contributed by atoms with van der Waals surface area (Å²) < 4.78 is 36.0. The van der Waals surface area contributed by atoms with Crippen LogP contribution in [0.2, 0.25) is 5.02 Å². The van der Waals surface area contributed by atoms with E-state index in [1.54, 1.807) is 0 Å². The van der Waals surface area contributed by atoms with E-state index >= 15 is 0 Å². The van der Waals surface area contributed by atoms with Crippen molar-refractivity contribution in [1.29, 1.82) is 0 Å². The van der Waals surface area contributed by atoms with E-state index in [1.807, 2.05) is 0 Å². The van der Waals surface area contributed by atoms with E-state index in [2.05, 4.69) is 19.9 Å². The van der Waals surface area contributed by atoms with Gasteiger partial charge in [-0.2, -0.15) is 5.10 Å². The van der Waals surface area contributed by atoms with Gasteiger partial charge in [0.05, 0.1) is 36.1 Å². The standard InChI is InChI=1S/C17H16ClF2N3O5/c1-8-13(18)14(15(19)20)22-23(8)7-12(24)21-11-5-9(16(25)27-2)4-10(6-11)17(26)28-3/h4-6,15H,7H2,1-3H3,(H,21,24). The lowest BCUT2D eigenvalue weighted by atomic mass is 10.1. The van der Waals surface area contributed by atoms with Gasteiger partial charge in [0.15, 0.2) is 0 Å². The Morgan fingerprint density at radius 1 is 1.14 bits per heavy atom. The fourth-order valence-corrected chi connectivity index (χ4v) is 2.57. The number of carbonyl (C=O) groups is 3. The number of rotatable bonds is 6. The molecule has 0 aliphatic rings. The molecule has 0 bridgehead atoms. The maximum absolute atomic E-state index is 12.9. The van der Waals surface area contributed by atoms with Gasteiger partial charge in [-0.3, -0.25) is 9.48 Å². The van der Waals surface area contributed by atoms with Crippen molar-refractivity contribution < 1.29 is 32.6 Å². The van der Waals surface area contributed by atoms with Crippen molar-refractivity contribution in [2.24, 2.45) is 0 Å². The van der Waals surface area contributed by atoms with Gasteiger partial charge in [0, 0.05) is 5.69 Å². The number of hydrogen-bond acceptors (Lipinski definition) is 6. The molecule has 8 nitrogen and oxygen atoms in total. The van der Waals surface area contributed by atoms with Crippen LogP contribution in [-0.2, 0) is 20.8 Å². The average Bonchev–Trinajstić information content (AvgIpc) is 2.94. The van der Waals surface area contributed by atoms with Crippen molar-refractivity contribution in [2.45, 2.75) is 19.9 Å². The second-order valence-corrected chi connectivity index (χ2v) is 5.95. The molecule has 0 unspecified atom stereocenters. The lowest BCUT2D eigenvalue weighted by Gasteiger charge is -2.10. The van der Waals surface area contributed by atoms with Gasteiger partial charge in [0.1, 0.15) is 12.2 Å². The third-order valence-corrected chi connectivity index (χ3v) is 4.18. The summed E-state index contributed by atoms with van der Waals surface area (Å²) in [6, 6.07) is 3.84. The lowest BCUT2D eigenvalue weighted by Crippen LogP contribution is -2.21. The predicted molar refractivity (Wildman–Crippen MR) is 94.7 cm³/mol. The van der Waals surface area contributed by atoms with Crippen LogP contribution in [0.15, 0.2) is 18.2 Å². The second-order valence-electron chi connectivity index (χ2n) is 5.57. The highest BCUT2D eigenvalue weighted by Crippen LogP contribution is 2.28. The zero-order valence-corrected chi connectivity index (χ0v) is 15.8. The van der Waals surface area contributed by atoms with Crippen LogP contribution in [0.1, 0.15) is 38.5 Å². The molecule has 150 valence electrons. The molecule has 0 aliphatic heterocycles. The maximum Gasteiger partial charge on any atom is 0.337 e. The molecule has 0 radical (unpaired) electrons. The van der Waals surface area contributed by atoms with Crippen LogP contribution in [0.3, 0.4) is 0 Å². The molecule has 1 aromatic heterocycles. The molecule has 0 aliphatic carbocycles. The lowest BCUT2D eigenvalue weighted by molar-refractivity contribution is -0.117. The Hall–Kier alpha value is -3.01. The Balaban J connectivity index is 2.27. The Bertz CT molecular complexity index is 896. The predicted octanol–water partition coefficient (Wildman–Crippen LogP) is 2.99. The number of esters is 2. The van der Waals surface area contributed by atoms with Gasteiger partial charge in [-0.1, -0.05) is 11.6 Å². The first-order valence-electron chi connectivity index (χ1n) is 7.80. The van der Waals surface area contributed by atoms with Crippen LogP contribution in [0.25, 0.3) is 0 Å². The molecule has 0 atom stereocenters. The second kappa shape index (κ2) is 8.79. The molecule has 2 rings (SSSR count). The summed E-state index contributed by atoms with van der Waals surface area (Å²) in [4.78, 5) is 35.8. The summed E-state index contributed by atoms with van der Waals surface area (Å²) >= 11 is 5.80. The Morgan fingerprint density at radius 3 is 2.11 bits per heavy atom. The Labute approximate surface area is 163 Å². The van der Waals surface area contributed by atoms with Gasteiger partial charge in [0.2, 0.25) is 5.91 Å². The number of methoxy groups -OCH3 is 2. The van der Waals surface area contributed by atoms with E-state index < -0.39 is 36.5 Å². The summed E-state index contributed by atoms with van der Waals surface area (Å²) in [7, 11) is 2.33. The number of ether oxygens (including phenoxy) is 2. The van der Waals surface area contributed by atoms with Crippen molar-refractivity contribution in [3.8, 4) is 0 Å². The Morgan fingerprint density at radius 2 is 1.68 bits per heavy atom. The van der Waals surface area contributed by atoms with Gasteiger partial charge in [0.25, 0.3) is 6.43 Å². The maximum atomic E-state index is 12.9. The number of halogens is 3. The number of carbonyl (C=O) groups excluding carboxylic acids is 3. The molecule has 28 heavy (non-hydrogen) atoms. The van der Waals surface area contributed by atoms with Gasteiger partial charge in [-0.25, -0.2) is 18.4 Å². The van der Waals surface area contributed by atoms with Crippen LogP contribution in [-0.4, -0.2) is 41.8 Å². The monoisotopic (exact) mass is 415 g/mol. The van der Waals surface area contributed by atoms with E-state index in [0.29, 0.717) is 0 Å². The molecule has 0 spiro atoms. The minimum atomic E-state index is -2.88. The summed E-state index contributed by atoms with van der Waals surface area (Å²) in [5, 5.41) is 5.88. The number of aromatic nitrogens is 2. The summed E-state index contributed by atoms with van der Waals surface area (Å²) in [5.41, 5.74) is -0.283. The largest absolute Gasteiger partial charge is 0.465 e. The van der Waals surface area contributed by atoms with Crippen LogP contribution >= 0.6 is 11.6 Å². The average molecular weight is 416 g/mol. The molecular weight excluding hydrogens is 400 g/mol. The molecule has 2 aromatic rings. The van der Waals surface area contributed by atoms with Gasteiger partial charge < -0.3 is 14.8 Å². The van der Waals surface area contributed by atoms with E-state index in [9.17, 15) is 23.2 Å². The van der Waals surface area contributed by atoms with Crippen LogP contribution < -0.4 is 5.32 Å².